The summed E-state index contributed by atoms with van der Waals surface area (Å²) >= 11 is 0. The molecule has 2 N–H and O–H groups in total. The number of ether oxygens (including phenoxy) is 3. The quantitative estimate of drug-likeness (QED) is 0.0766. The normalized spacial score (nSPS) is 20.9. The lowest BCUT2D eigenvalue weighted by atomic mass is 9.92. The maximum absolute atomic E-state index is 12.2. The van der Waals surface area contributed by atoms with Gasteiger partial charge in [-0.05, 0) is 32.1 Å². The Morgan fingerprint density at radius 1 is 0.947 bits per heavy atom. The SMILES string of the molecule is CCCCCCCC/C=C/CCCCCCCC(=O)OCC1(CO)COC(=O)CC(S(=O)(=O)O)C(=O)OC1. The van der Waals surface area contributed by atoms with Gasteiger partial charge in [0.2, 0.25) is 0 Å². The molecule has 0 aromatic rings. The Bertz CT molecular complexity index is 839. The Labute approximate surface area is 227 Å². The van der Waals surface area contributed by atoms with E-state index in [0.29, 0.717) is 6.42 Å². The highest BCUT2D eigenvalue weighted by molar-refractivity contribution is 7.87. The fourth-order valence-electron chi connectivity index (χ4n) is 3.98. The molecule has 0 bridgehead atoms. The van der Waals surface area contributed by atoms with Crippen LogP contribution in [0.4, 0.5) is 0 Å². The number of esters is 3. The van der Waals surface area contributed by atoms with E-state index in [1.54, 1.807) is 0 Å². The summed E-state index contributed by atoms with van der Waals surface area (Å²) in [5.74, 6) is -2.91. The van der Waals surface area contributed by atoms with Crippen LogP contribution in [0.3, 0.4) is 0 Å². The van der Waals surface area contributed by atoms with Crippen LogP contribution in [0.25, 0.3) is 0 Å². The minimum absolute atomic E-state index is 0.185. The first kappa shape index (κ1) is 34.0. The molecule has 1 fully saturated rings. The van der Waals surface area contributed by atoms with Crippen LogP contribution in [0.15, 0.2) is 12.2 Å². The van der Waals surface area contributed by atoms with Gasteiger partial charge in [-0.25, -0.2) is 0 Å². The lowest BCUT2D eigenvalue weighted by Gasteiger charge is -2.29. The van der Waals surface area contributed by atoms with Gasteiger partial charge < -0.3 is 19.3 Å². The third-order valence-corrected chi connectivity index (χ3v) is 7.63. The molecule has 0 radical (unpaired) electrons. The molecule has 0 spiro atoms. The summed E-state index contributed by atoms with van der Waals surface area (Å²) < 4.78 is 47.0. The van der Waals surface area contributed by atoms with Crippen molar-refractivity contribution >= 4 is 28.0 Å². The number of hydrogen-bond acceptors (Lipinski definition) is 9. The van der Waals surface area contributed by atoms with E-state index in [9.17, 15) is 32.5 Å². The maximum Gasteiger partial charge on any atom is 0.327 e. The van der Waals surface area contributed by atoms with Gasteiger partial charge in [-0.3, -0.25) is 18.9 Å². The number of unbranched alkanes of at least 4 members (excludes halogenated alkanes) is 11. The molecular formula is C27H46O10S. The monoisotopic (exact) mass is 562 g/mol. The number of cyclic esters (lactones) is 2. The number of hydrogen-bond donors (Lipinski definition) is 2. The first-order chi connectivity index (χ1) is 18.1. The van der Waals surface area contributed by atoms with Crippen molar-refractivity contribution in [2.24, 2.45) is 5.41 Å². The molecule has 2 unspecified atom stereocenters. The van der Waals surface area contributed by atoms with Gasteiger partial charge in [-0.2, -0.15) is 8.42 Å². The van der Waals surface area contributed by atoms with Crippen LogP contribution in [0.2, 0.25) is 0 Å². The number of aliphatic hydroxyl groups is 1. The van der Waals surface area contributed by atoms with E-state index in [0.717, 1.165) is 38.5 Å². The second-order valence-corrected chi connectivity index (χ2v) is 11.7. The van der Waals surface area contributed by atoms with E-state index < -0.39 is 64.9 Å². The van der Waals surface area contributed by atoms with Crippen molar-refractivity contribution in [1.29, 1.82) is 0 Å². The molecular weight excluding hydrogens is 516 g/mol. The van der Waals surface area contributed by atoms with Gasteiger partial charge >= 0.3 is 17.9 Å². The highest BCUT2D eigenvalue weighted by Gasteiger charge is 2.42. The van der Waals surface area contributed by atoms with Crippen LogP contribution in [0.1, 0.15) is 103 Å². The Morgan fingerprint density at radius 3 is 2.08 bits per heavy atom. The fourth-order valence-corrected chi connectivity index (χ4v) is 4.64. The number of allylic oxidation sites excluding steroid dienone is 2. The predicted molar refractivity (Wildman–Crippen MR) is 142 cm³/mol. The molecule has 38 heavy (non-hydrogen) atoms. The molecule has 0 aliphatic carbocycles. The van der Waals surface area contributed by atoms with E-state index in [-0.39, 0.29) is 13.0 Å². The summed E-state index contributed by atoms with van der Waals surface area (Å²) in [6.07, 6.45) is 18.7. The molecule has 1 heterocycles. The lowest BCUT2D eigenvalue weighted by Crippen LogP contribution is -2.42. The van der Waals surface area contributed by atoms with Crippen molar-refractivity contribution < 1.29 is 46.7 Å². The molecule has 1 saturated heterocycles. The van der Waals surface area contributed by atoms with Crippen molar-refractivity contribution in [3.63, 3.8) is 0 Å². The van der Waals surface area contributed by atoms with Gasteiger partial charge in [-0.15, -0.1) is 0 Å². The zero-order valence-corrected chi connectivity index (χ0v) is 23.6. The highest BCUT2D eigenvalue weighted by atomic mass is 32.2. The van der Waals surface area contributed by atoms with E-state index in [1.165, 1.54) is 38.5 Å². The van der Waals surface area contributed by atoms with Crippen LogP contribution < -0.4 is 0 Å². The van der Waals surface area contributed by atoms with E-state index in [4.69, 9.17) is 14.2 Å². The van der Waals surface area contributed by atoms with Gasteiger partial charge in [0.05, 0.1) is 18.4 Å². The standard InChI is InChI=1S/C27H46O10S/c1-2-3-4-5-6-7-8-9-10-11-12-13-14-15-16-17-24(29)35-20-27(19-28)21-36-25(30)18-23(38(32,33)34)26(31)37-22-27/h9-10,23,28H,2-8,11-22H2,1H3,(H,32,33,34)/b10-9+. The average molecular weight is 563 g/mol. The molecule has 0 aromatic carbocycles. The summed E-state index contributed by atoms with van der Waals surface area (Å²) in [6, 6.07) is 0. The van der Waals surface area contributed by atoms with Gasteiger partial charge in [0.25, 0.3) is 10.1 Å². The smallest absolute Gasteiger partial charge is 0.327 e. The van der Waals surface area contributed by atoms with Crippen molar-refractivity contribution in [3.8, 4) is 0 Å². The van der Waals surface area contributed by atoms with Gasteiger partial charge in [0, 0.05) is 6.42 Å². The van der Waals surface area contributed by atoms with Crippen LogP contribution in [0.5, 0.6) is 0 Å². The summed E-state index contributed by atoms with van der Waals surface area (Å²) in [7, 11) is -4.89. The Kier molecular flexibility index (Phi) is 17.1. The Hall–Kier alpha value is -1.98. The van der Waals surface area contributed by atoms with Crippen molar-refractivity contribution in [2.45, 2.75) is 108 Å². The third kappa shape index (κ3) is 14.8. The second-order valence-electron chi connectivity index (χ2n) is 10.1. The molecule has 1 aliphatic heterocycles. The largest absolute Gasteiger partial charge is 0.465 e. The van der Waals surface area contributed by atoms with Crippen LogP contribution in [-0.4, -0.2) is 67.7 Å². The van der Waals surface area contributed by atoms with Crippen LogP contribution >= 0.6 is 0 Å². The predicted octanol–water partition coefficient (Wildman–Crippen LogP) is 4.29. The fraction of sp³-hybridized carbons (Fsp3) is 0.815. The van der Waals surface area contributed by atoms with Gasteiger partial charge in [-0.1, -0.05) is 70.4 Å². The average Bonchev–Trinajstić information content (AvgIpc) is 2.94. The molecule has 2 atom stereocenters. The molecule has 1 rings (SSSR count). The van der Waals surface area contributed by atoms with Crippen molar-refractivity contribution in [2.75, 3.05) is 26.4 Å². The number of rotatable bonds is 19. The van der Waals surface area contributed by atoms with E-state index in [2.05, 4.69) is 19.1 Å². The Balaban J connectivity index is 2.24. The van der Waals surface area contributed by atoms with Crippen molar-refractivity contribution in [1.82, 2.24) is 0 Å². The molecule has 0 amide bonds. The molecule has 10 nitrogen and oxygen atoms in total. The first-order valence-electron chi connectivity index (χ1n) is 13.8. The highest BCUT2D eigenvalue weighted by Crippen LogP contribution is 2.23. The van der Waals surface area contributed by atoms with Crippen LogP contribution in [0, 0.1) is 5.41 Å². The van der Waals surface area contributed by atoms with E-state index in [1.807, 2.05) is 0 Å². The zero-order valence-electron chi connectivity index (χ0n) is 22.7. The third-order valence-electron chi connectivity index (χ3n) is 6.55. The topological polar surface area (TPSA) is 154 Å². The summed E-state index contributed by atoms with van der Waals surface area (Å²) in [6.45, 7) is 0.192. The molecule has 11 heteroatoms. The van der Waals surface area contributed by atoms with Gasteiger partial charge in [0.1, 0.15) is 19.8 Å². The first-order valence-corrected chi connectivity index (χ1v) is 15.3. The Morgan fingerprint density at radius 2 is 1.50 bits per heavy atom. The second kappa shape index (κ2) is 19.1. The zero-order chi connectivity index (χ0) is 28.3. The van der Waals surface area contributed by atoms with Gasteiger partial charge in [0.15, 0.2) is 5.25 Å². The lowest BCUT2D eigenvalue weighted by molar-refractivity contribution is -0.161. The number of carbonyl (C=O) groups is 3. The number of aliphatic hydroxyl groups excluding tert-OH is 1. The van der Waals surface area contributed by atoms with Crippen molar-refractivity contribution in [3.05, 3.63) is 12.2 Å². The minimum atomic E-state index is -4.89. The summed E-state index contributed by atoms with van der Waals surface area (Å²) in [5, 5.41) is 7.71. The maximum atomic E-state index is 12.2. The number of carbonyl (C=O) groups excluding carboxylic acids is 3. The molecule has 0 saturated carbocycles. The summed E-state index contributed by atoms with van der Waals surface area (Å²) in [5.41, 5.74) is -1.43. The summed E-state index contributed by atoms with van der Waals surface area (Å²) in [4.78, 5) is 36.1. The molecule has 0 aromatic heterocycles. The molecule has 220 valence electrons. The van der Waals surface area contributed by atoms with E-state index >= 15 is 0 Å². The molecule has 1 aliphatic rings. The van der Waals surface area contributed by atoms with Crippen LogP contribution in [-0.2, 0) is 38.7 Å². The minimum Gasteiger partial charge on any atom is -0.465 e.